The van der Waals surface area contributed by atoms with Crippen LogP contribution in [0.25, 0.3) is 11.6 Å². The summed E-state index contributed by atoms with van der Waals surface area (Å²) in [5, 5.41) is 0. The molecule has 0 fully saturated rings. The topological polar surface area (TPSA) is 29.5 Å². The Bertz CT molecular complexity index is 826. The number of hydrogen-bond donors (Lipinski definition) is 0. The minimum Gasteiger partial charge on any atom is -0.489 e. The summed E-state index contributed by atoms with van der Waals surface area (Å²) in [5.41, 5.74) is 3.47. The molecule has 0 bridgehead atoms. The standard InChI is InChI=1S/C20H18BrNO2/c1-3-11-24-19-10-9-15(21)12-14(19)13-17-16-7-5-6-8-18(16)22(4-2)20(17)23/h3,5-10,12-13H,1,4,11H2,2H3/b17-13-. The van der Waals surface area contributed by atoms with Crippen LogP contribution in [-0.4, -0.2) is 19.1 Å². The molecular formula is C20H18BrNO2. The first-order valence-electron chi connectivity index (χ1n) is 7.82. The molecule has 0 N–H and O–H groups in total. The zero-order chi connectivity index (χ0) is 17.1. The lowest BCUT2D eigenvalue weighted by molar-refractivity contribution is -0.112. The van der Waals surface area contributed by atoms with E-state index in [9.17, 15) is 4.79 Å². The SMILES string of the molecule is C=CCOc1ccc(Br)cc1/C=C1\C(=O)N(CC)c2ccccc21. The van der Waals surface area contributed by atoms with Crippen molar-refractivity contribution in [3.8, 4) is 5.75 Å². The summed E-state index contributed by atoms with van der Waals surface area (Å²) < 4.78 is 6.66. The lowest BCUT2D eigenvalue weighted by Crippen LogP contribution is -2.25. The Balaban J connectivity index is 2.10. The molecule has 1 heterocycles. The van der Waals surface area contributed by atoms with Gasteiger partial charge in [-0.05, 0) is 37.3 Å². The molecule has 0 saturated carbocycles. The number of benzene rings is 2. The predicted octanol–water partition coefficient (Wildman–Crippen LogP) is 4.92. The van der Waals surface area contributed by atoms with Crippen molar-refractivity contribution in [2.24, 2.45) is 0 Å². The summed E-state index contributed by atoms with van der Waals surface area (Å²) in [7, 11) is 0. The summed E-state index contributed by atoms with van der Waals surface area (Å²) in [6, 6.07) is 13.6. The van der Waals surface area contributed by atoms with Gasteiger partial charge in [0.15, 0.2) is 0 Å². The number of carbonyl (C=O) groups excluding carboxylic acids is 1. The third kappa shape index (κ3) is 3.02. The Morgan fingerprint density at radius 2 is 2.04 bits per heavy atom. The van der Waals surface area contributed by atoms with Crippen LogP contribution in [0.5, 0.6) is 5.75 Å². The quantitative estimate of drug-likeness (QED) is 0.541. The van der Waals surface area contributed by atoms with E-state index in [4.69, 9.17) is 4.74 Å². The van der Waals surface area contributed by atoms with E-state index in [1.165, 1.54) is 0 Å². The van der Waals surface area contributed by atoms with Crippen molar-refractivity contribution in [2.75, 3.05) is 18.1 Å². The summed E-state index contributed by atoms with van der Waals surface area (Å²) in [4.78, 5) is 14.6. The third-order valence-corrected chi connectivity index (χ3v) is 4.40. The van der Waals surface area contributed by atoms with E-state index in [0.29, 0.717) is 18.7 Å². The third-order valence-electron chi connectivity index (χ3n) is 3.91. The minimum atomic E-state index is 0.0216. The Labute approximate surface area is 150 Å². The maximum atomic E-state index is 12.8. The molecule has 0 aromatic heterocycles. The van der Waals surface area contributed by atoms with Crippen LogP contribution in [0, 0.1) is 0 Å². The Morgan fingerprint density at radius 1 is 1.25 bits per heavy atom. The molecule has 4 heteroatoms. The van der Waals surface area contributed by atoms with Crippen LogP contribution in [0.15, 0.2) is 59.6 Å². The van der Waals surface area contributed by atoms with Gasteiger partial charge in [0.05, 0.1) is 5.69 Å². The number of nitrogens with zero attached hydrogens (tertiary/aromatic N) is 1. The molecule has 2 aromatic rings. The van der Waals surface area contributed by atoms with Gasteiger partial charge in [0.2, 0.25) is 0 Å². The highest BCUT2D eigenvalue weighted by Gasteiger charge is 2.30. The van der Waals surface area contributed by atoms with Crippen molar-refractivity contribution >= 4 is 39.2 Å². The first-order chi connectivity index (χ1) is 11.7. The maximum Gasteiger partial charge on any atom is 0.258 e. The van der Waals surface area contributed by atoms with Gasteiger partial charge in [0, 0.05) is 27.7 Å². The van der Waals surface area contributed by atoms with Gasteiger partial charge in [-0.25, -0.2) is 0 Å². The summed E-state index contributed by atoms with van der Waals surface area (Å²) in [6.07, 6.45) is 3.60. The largest absolute Gasteiger partial charge is 0.489 e. The van der Waals surface area contributed by atoms with Crippen LogP contribution < -0.4 is 9.64 Å². The molecule has 3 rings (SSSR count). The molecule has 0 spiro atoms. The summed E-state index contributed by atoms with van der Waals surface area (Å²) in [5.74, 6) is 0.749. The molecule has 24 heavy (non-hydrogen) atoms. The van der Waals surface area contributed by atoms with Gasteiger partial charge in [0.25, 0.3) is 5.91 Å². The number of rotatable bonds is 5. The lowest BCUT2D eigenvalue weighted by atomic mass is 10.0. The second-order valence-electron chi connectivity index (χ2n) is 5.41. The van der Waals surface area contributed by atoms with Crippen molar-refractivity contribution in [2.45, 2.75) is 6.92 Å². The first kappa shape index (κ1) is 16.5. The zero-order valence-electron chi connectivity index (χ0n) is 13.5. The molecule has 0 aliphatic carbocycles. The zero-order valence-corrected chi connectivity index (χ0v) is 15.0. The highest BCUT2D eigenvalue weighted by molar-refractivity contribution is 9.10. The highest BCUT2D eigenvalue weighted by atomic mass is 79.9. The Morgan fingerprint density at radius 3 is 2.79 bits per heavy atom. The highest BCUT2D eigenvalue weighted by Crippen LogP contribution is 2.38. The monoisotopic (exact) mass is 383 g/mol. The molecular weight excluding hydrogens is 366 g/mol. The number of fused-ring (bicyclic) bond motifs is 1. The van der Waals surface area contributed by atoms with Crippen LogP contribution in [0.4, 0.5) is 5.69 Å². The van der Waals surface area contributed by atoms with Crippen molar-refractivity contribution in [1.29, 1.82) is 0 Å². The fraction of sp³-hybridized carbons (Fsp3) is 0.150. The van der Waals surface area contributed by atoms with Crippen LogP contribution >= 0.6 is 15.9 Å². The van der Waals surface area contributed by atoms with Crippen LogP contribution in [0.3, 0.4) is 0 Å². The number of ether oxygens (including phenoxy) is 1. The summed E-state index contributed by atoms with van der Waals surface area (Å²) >= 11 is 3.49. The number of para-hydroxylation sites is 1. The second-order valence-corrected chi connectivity index (χ2v) is 6.32. The fourth-order valence-electron chi connectivity index (χ4n) is 2.83. The van der Waals surface area contributed by atoms with E-state index in [0.717, 1.165) is 27.0 Å². The maximum absolute atomic E-state index is 12.8. The van der Waals surface area contributed by atoms with Crippen molar-refractivity contribution < 1.29 is 9.53 Å². The van der Waals surface area contributed by atoms with Crippen LogP contribution in [0.2, 0.25) is 0 Å². The van der Waals surface area contributed by atoms with Crippen LogP contribution in [-0.2, 0) is 4.79 Å². The molecule has 0 atom stereocenters. The number of hydrogen-bond acceptors (Lipinski definition) is 2. The smallest absolute Gasteiger partial charge is 0.258 e. The molecule has 0 radical (unpaired) electrons. The number of carbonyl (C=O) groups is 1. The Kier molecular flexibility index (Phi) is 4.86. The van der Waals surface area contributed by atoms with Gasteiger partial charge in [-0.3, -0.25) is 4.79 Å². The molecule has 122 valence electrons. The van der Waals surface area contributed by atoms with Gasteiger partial charge in [0.1, 0.15) is 12.4 Å². The van der Waals surface area contributed by atoms with E-state index < -0.39 is 0 Å². The molecule has 1 aliphatic rings. The number of amides is 1. The molecule has 1 amide bonds. The molecule has 0 unspecified atom stereocenters. The van der Waals surface area contributed by atoms with Crippen molar-refractivity contribution in [3.05, 3.63) is 70.7 Å². The van der Waals surface area contributed by atoms with Crippen molar-refractivity contribution in [3.63, 3.8) is 0 Å². The molecule has 2 aromatic carbocycles. The van der Waals surface area contributed by atoms with Crippen LogP contribution in [0.1, 0.15) is 18.1 Å². The lowest BCUT2D eigenvalue weighted by Gasteiger charge is -2.13. The van der Waals surface area contributed by atoms with Gasteiger partial charge < -0.3 is 9.64 Å². The van der Waals surface area contributed by atoms with E-state index >= 15 is 0 Å². The first-order valence-corrected chi connectivity index (χ1v) is 8.61. The summed E-state index contributed by atoms with van der Waals surface area (Å²) in [6.45, 7) is 6.72. The number of likely N-dealkylation sites (N-methyl/N-ethyl adjacent to an activating group) is 1. The second kappa shape index (κ2) is 7.05. The van der Waals surface area contributed by atoms with E-state index in [2.05, 4.69) is 22.5 Å². The molecule has 3 nitrogen and oxygen atoms in total. The van der Waals surface area contributed by atoms with Gasteiger partial charge in [-0.2, -0.15) is 0 Å². The van der Waals surface area contributed by atoms with Gasteiger partial charge in [-0.1, -0.05) is 46.8 Å². The fourth-order valence-corrected chi connectivity index (χ4v) is 3.21. The van der Waals surface area contributed by atoms with Gasteiger partial charge in [-0.15, -0.1) is 0 Å². The average molecular weight is 384 g/mol. The average Bonchev–Trinajstić information content (AvgIpc) is 2.86. The minimum absolute atomic E-state index is 0.0216. The normalized spacial score (nSPS) is 14.8. The van der Waals surface area contributed by atoms with E-state index in [1.807, 2.05) is 55.5 Å². The van der Waals surface area contributed by atoms with Gasteiger partial charge >= 0.3 is 0 Å². The molecule has 1 aliphatic heterocycles. The van der Waals surface area contributed by atoms with E-state index in [1.54, 1.807) is 11.0 Å². The molecule has 0 saturated heterocycles. The number of halogens is 1. The van der Waals surface area contributed by atoms with E-state index in [-0.39, 0.29) is 5.91 Å². The number of anilines is 1. The Hall–Kier alpha value is -2.33. The van der Waals surface area contributed by atoms with Crippen molar-refractivity contribution in [1.82, 2.24) is 0 Å². The predicted molar refractivity (Wildman–Crippen MR) is 102 cm³/mol.